The highest BCUT2D eigenvalue weighted by Gasteiger charge is 2.17. The number of allylic oxidation sites excluding steroid dienone is 1. The zero-order valence-electron chi connectivity index (χ0n) is 9.80. The Bertz CT molecular complexity index is 421. The van der Waals surface area contributed by atoms with Crippen LogP contribution < -0.4 is 11.5 Å². The van der Waals surface area contributed by atoms with Crippen LogP contribution >= 0.6 is 0 Å². The molecular formula is C14H18N2O. The van der Waals surface area contributed by atoms with Gasteiger partial charge in [-0.2, -0.15) is 0 Å². The molecule has 0 bridgehead atoms. The summed E-state index contributed by atoms with van der Waals surface area (Å²) < 4.78 is 5.64. The SMILES string of the molecule is NC1(N)C=CC(OCCc2ccccc2)=CC1. The molecule has 0 atom stereocenters. The van der Waals surface area contributed by atoms with E-state index in [1.807, 2.05) is 30.4 Å². The van der Waals surface area contributed by atoms with Gasteiger partial charge in [-0.3, -0.25) is 0 Å². The molecule has 3 nitrogen and oxygen atoms in total. The average Bonchev–Trinajstić information content (AvgIpc) is 2.33. The molecular weight excluding hydrogens is 212 g/mol. The molecule has 1 aromatic rings. The lowest BCUT2D eigenvalue weighted by Gasteiger charge is -2.22. The third-order valence-electron chi connectivity index (χ3n) is 2.72. The molecule has 0 radical (unpaired) electrons. The van der Waals surface area contributed by atoms with Gasteiger partial charge in [0.25, 0.3) is 0 Å². The molecule has 1 aromatic carbocycles. The summed E-state index contributed by atoms with van der Waals surface area (Å²) in [5.41, 5.74) is 12.1. The summed E-state index contributed by atoms with van der Waals surface area (Å²) in [7, 11) is 0. The van der Waals surface area contributed by atoms with E-state index in [1.54, 1.807) is 6.08 Å². The molecule has 0 fully saturated rings. The van der Waals surface area contributed by atoms with Crippen molar-refractivity contribution in [1.29, 1.82) is 0 Å². The summed E-state index contributed by atoms with van der Waals surface area (Å²) >= 11 is 0. The van der Waals surface area contributed by atoms with E-state index in [0.717, 1.165) is 12.2 Å². The summed E-state index contributed by atoms with van der Waals surface area (Å²) in [5.74, 6) is 0.854. The van der Waals surface area contributed by atoms with Gasteiger partial charge in [0.2, 0.25) is 0 Å². The van der Waals surface area contributed by atoms with Crippen molar-refractivity contribution in [2.75, 3.05) is 6.61 Å². The lowest BCUT2D eigenvalue weighted by molar-refractivity contribution is 0.224. The number of hydrogen-bond acceptors (Lipinski definition) is 3. The summed E-state index contributed by atoms with van der Waals surface area (Å²) in [6, 6.07) is 10.3. The minimum Gasteiger partial charge on any atom is -0.494 e. The van der Waals surface area contributed by atoms with Crippen molar-refractivity contribution in [2.45, 2.75) is 18.5 Å². The van der Waals surface area contributed by atoms with Crippen molar-refractivity contribution in [1.82, 2.24) is 0 Å². The quantitative estimate of drug-likeness (QED) is 0.774. The first kappa shape index (κ1) is 11.9. The predicted molar refractivity (Wildman–Crippen MR) is 69.0 cm³/mol. The summed E-state index contributed by atoms with van der Waals surface area (Å²) in [5, 5.41) is 0. The fourth-order valence-electron chi connectivity index (χ4n) is 1.69. The Morgan fingerprint density at radius 3 is 2.59 bits per heavy atom. The summed E-state index contributed by atoms with van der Waals surface area (Å²) in [6.07, 6.45) is 7.08. The van der Waals surface area contributed by atoms with Gasteiger partial charge in [-0.15, -0.1) is 0 Å². The van der Waals surface area contributed by atoms with Crippen LogP contribution in [0.2, 0.25) is 0 Å². The monoisotopic (exact) mass is 230 g/mol. The van der Waals surface area contributed by atoms with Gasteiger partial charge in [-0.05, 0) is 23.8 Å². The largest absolute Gasteiger partial charge is 0.494 e. The van der Waals surface area contributed by atoms with Gasteiger partial charge in [-0.25, -0.2) is 0 Å². The van der Waals surface area contributed by atoms with Gasteiger partial charge in [0, 0.05) is 12.8 Å². The van der Waals surface area contributed by atoms with Gasteiger partial charge in [0.15, 0.2) is 0 Å². The third-order valence-corrected chi connectivity index (χ3v) is 2.72. The highest BCUT2D eigenvalue weighted by molar-refractivity contribution is 5.23. The molecule has 3 heteroatoms. The Hall–Kier alpha value is -1.58. The van der Waals surface area contributed by atoms with E-state index in [2.05, 4.69) is 12.1 Å². The second-order valence-corrected chi connectivity index (χ2v) is 4.34. The molecule has 1 aliphatic rings. The molecule has 0 unspecified atom stereocenters. The fraction of sp³-hybridized carbons (Fsp3) is 0.286. The maximum absolute atomic E-state index is 5.75. The number of rotatable bonds is 4. The van der Waals surface area contributed by atoms with Crippen LogP contribution in [0.4, 0.5) is 0 Å². The van der Waals surface area contributed by atoms with E-state index in [0.29, 0.717) is 13.0 Å². The minimum absolute atomic E-state index is 0.615. The van der Waals surface area contributed by atoms with E-state index in [4.69, 9.17) is 16.2 Å². The zero-order chi connectivity index (χ0) is 12.1. The maximum atomic E-state index is 5.75. The van der Waals surface area contributed by atoms with Crippen molar-refractivity contribution in [3.63, 3.8) is 0 Å². The molecule has 0 aliphatic heterocycles. The fourth-order valence-corrected chi connectivity index (χ4v) is 1.69. The molecule has 17 heavy (non-hydrogen) atoms. The third kappa shape index (κ3) is 3.73. The molecule has 4 N–H and O–H groups in total. The van der Waals surface area contributed by atoms with Crippen LogP contribution in [-0.4, -0.2) is 12.3 Å². The van der Waals surface area contributed by atoms with E-state index in [-0.39, 0.29) is 0 Å². The van der Waals surface area contributed by atoms with Gasteiger partial charge in [0.05, 0.1) is 12.3 Å². The van der Waals surface area contributed by atoms with Crippen LogP contribution in [0.1, 0.15) is 12.0 Å². The Morgan fingerprint density at radius 1 is 1.18 bits per heavy atom. The molecule has 0 heterocycles. The first-order valence-electron chi connectivity index (χ1n) is 5.80. The Morgan fingerprint density at radius 2 is 1.94 bits per heavy atom. The molecule has 0 saturated carbocycles. The number of benzene rings is 1. The summed E-state index contributed by atoms with van der Waals surface area (Å²) in [6.45, 7) is 0.669. The average molecular weight is 230 g/mol. The van der Waals surface area contributed by atoms with Crippen molar-refractivity contribution in [3.8, 4) is 0 Å². The van der Waals surface area contributed by atoms with Crippen molar-refractivity contribution in [2.24, 2.45) is 11.5 Å². The van der Waals surface area contributed by atoms with Crippen LogP contribution in [-0.2, 0) is 11.2 Å². The Labute approximate surface area is 102 Å². The van der Waals surface area contributed by atoms with E-state index >= 15 is 0 Å². The second-order valence-electron chi connectivity index (χ2n) is 4.34. The minimum atomic E-state index is -0.716. The highest BCUT2D eigenvalue weighted by atomic mass is 16.5. The van der Waals surface area contributed by atoms with E-state index < -0.39 is 5.66 Å². The Balaban J connectivity index is 1.77. The first-order valence-corrected chi connectivity index (χ1v) is 5.80. The molecule has 90 valence electrons. The van der Waals surface area contributed by atoms with Crippen LogP contribution in [0, 0.1) is 0 Å². The van der Waals surface area contributed by atoms with Gasteiger partial charge in [-0.1, -0.05) is 30.3 Å². The number of ether oxygens (including phenoxy) is 1. The predicted octanol–water partition coefficient (Wildman–Crippen LogP) is 1.70. The molecule has 0 spiro atoms. The van der Waals surface area contributed by atoms with Crippen LogP contribution in [0.15, 0.2) is 54.3 Å². The van der Waals surface area contributed by atoms with Crippen molar-refractivity contribution in [3.05, 3.63) is 59.9 Å². The van der Waals surface area contributed by atoms with Gasteiger partial charge in [0.1, 0.15) is 5.76 Å². The lowest BCUT2D eigenvalue weighted by atomic mass is 10.0. The second kappa shape index (κ2) is 5.17. The topological polar surface area (TPSA) is 61.3 Å². The molecule has 0 amide bonds. The van der Waals surface area contributed by atoms with Crippen LogP contribution in [0.3, 0.4) is 0 Å². The zero-order valence-corrected chi connectivity index (χ0v) is 9.80. The first-order chi connectivity index (χ1) is 8.16. The van der Waals surface area contributed by atoms with E-state index in [1.165, 1.54) is 5.56 Å². The van der Waals surface area contributed by atoms with Gasteiger partial charge < -0.3 is 16.2 Å². The van der Waals surface area contributed by atoms with Gasteiger partial charge >= 0.3 is 0 Å². The molecule has 0 aromatic heterocycles. The number of hydrogen-bond donors (Lipinski definition) is 2. The number of nitrogens with two attached hydrogens (primary N) is 2. The smallest absolute Gasteiger partial charge is 0.115 e. The molecule has 1 aliphatic carbocycles. The van der Waals surface area contributed by atoms with E-state index in [9.17, 15) is 0 Å². The molecule has 2 rings (SSSR count). The standard InChI is InChI=1S/C14H18N2O/c15-14(16)9-6-13(7-10-14)17-11-8-12-4-2-1-3-5-12/h1-7,9H,8,10-11,15-16H2. The normalized spacial score (nSPS) is 17.6. The Kier molecular flexibility index (Phi) is 3.61. The van der Waals surface area contributed by atoms with Crippen LogP contribution in [0.5, 0.6) is 0 Å². The summed E-state index contributed by atoms with van der Waals surface area (Å²) in [4.78, 5) is 0. The molecule has 0 saturated heterocycles. The van der Waals surface area contributed by atoms with Crippen LogP contribution in [0.25, 0.3) is 0 Å². The van der Waals surface area contributed by atoms with Crippen molar-refractivity contribution < 1.29 is 4.74 Å². The lowest BCUT2D eigenvalue weighted by Crippen LogP contribution is -2.47. The maximum Gasteiger partial charge on any atom is 0.115 e. The van der Waals surface area contributed by atoms with Crippen molar-refractivity contribution >= 4 is 0 Å². The highest BCUT2D eigenvalue weighted by Crippen LogP contribution is 2.15.